The van der Waals surface area contributed by atoms with Crippen LogP contribution >= 0.6 is 0 Å². The highest BCUT2D eigenvalue weighted by atomic mass is 19.1. The lowest BCUT2D eigenvalue weighted by Gasteiger charge is -2.34. The number of nitrogens with zero attached hydrogens (tertiary/aromatic N) is 2. The van der Waals surface area contributed by atoms with E-state index in [1.807, 2.05) is 54.6 Å². The normalized spacial score (nSPS) is 16.1. The van der Waals surface area contributed by atoms with Crippen molar-refractivity contribution in [1.82, 2.24) is 15.1 Å². The number of halogens is 1. The molecular formula is C37H32FN3O5. The number of benzene rings is 5. The van der Waals surface area contributed by atoms with E-state index in [2.05, 4.69) is 5.32 Å². The Morgan fingerprint density at radius 2 is 1.37 bits per heavy atom. The van der Waals surface area contributed by atoms with Gasteiger partial charge in [0.1, 0.15) is 11.8 Å². The molecule has 1 fully saturated rings. The first-order chi connectivity index (χ1) is 22.3. The van der Waals surface area contributed by atoms with Gasteiger partial charge in [0.25, 0.3) is 11.8 Å². The molecule has 5 aromatic carbocycles. The minimum absolute atomic E-state index is 0.00127. The minimum Gasteiger partial charge on any atom is -0.508 e. The van der Waals surface area contributed by atoms with Gasteiger partial charge in [0.15, 0.2) is 0 Å². The summed E-state index contributed by atoms with van der Waals surface area (Å²) >= 11 is 0. The molecule has 1 aliphatic heterocycles. The molecule has 232 valence electrons. The number of alkyl halides is 1. The average molecular weight is 618 g/mol. The van der Waals surface area contributed by atoms with E-state index in [9.17, 15) is 24.3 Å². The van der Waals surface area contributed by atoms with E-state index in [-0.39, 0.29) is 37.6 Å². The van der Waals surface area contributed by atoms with E-state index in [0.717, 1.165) is 21.1 Å². The molecule has 0 aliphatic carbocycles. The van der Waals surface area contributed by atoms with Crippen molar-refractivity contribution in [2.75, 3.05) is 19.6 Å². The van der Waals surface area contributed by atoms with Crippen LogP contribution in [0.15, 0.2) is 109 Å². The van der Waals surface area contributed by atoms with Gasteiger partial charge in [-0.05, 0) is 57.8 Å². The first-order valence-electron chi connectivity index (χ1n) is 15.1. The highest BCUT2D eigenvalue weighted by Gasteiger charge is 2.37. The van der Waals surface area contributed by atoms with Crippen molar-refractivity contribution >= 4 is 45.0 Å². The highest BCUT2D eigenvalue weighted by Crippen LogP contribution is 2.23. The Hall–Kier alpha value is -5.57. The van der Waals surface area contributed by atoms with Crippen LogP contribution in [0.3, 0.4) is 0 Å². The molecule has 8 nitrogen and oxygen atoms in total. The summed E-state index contributed by atoms with van der Waals surface area (Å²) in [6.07, 6.45) is -2.09. The SMILES string of the molecule is O=C(NC(Cc1ccc(O)cc1)C(=O)N1CCCN(C(=O)c2cccc3ccccc23)CC(=O)C1F)c1cccc2ccccc12. The van der Waals surface area contributed by atoms with Gasteiger partial charge >= 0.3 is 0 Å². The lowest BCUT2D eigenvalue weighted by Crippen LogP contribution is -2.56. The number of phenols is 1. The van der Waals surface area contributed by atoms with Gasteiger partial charge in [0.2, 0.25) is 18.0 Å². The van der Waals surface area contributed by atoms with Crippen LogP contribution in [-0.2, 0) is 16.0 Å². The van der Waals surface area contributed by atoms with E-state index in [4.69, 9.17) is 0 Å². The van der Waals surface area contributed by atoms with Crippen molar-refractivity contribution in [1.29, 1.82) is 0 Å². The molecule has 6 rings (SSSR count). The Balaban J connectivity index is 1.23. The molecule has 0 spiro atoms. The summed E-state index contributed by atoms with van der Waals surface area (Å²) < 4.78 is 15.9. The summed E-state index contributed by atoms with van der Waals surface area (Å²) in [5, 5.41) is 15.7. The molecule has 0 saturated carbocycles. The maximum Gasteiger partial charge on any atom is 0.254 e. The van der Waals surface area contributed by atoms with Crippen molar-refractivity contribution in [3.8, 4) is 5.75 Å². The number of fused-ring (bicyclic) bond motifs is 2. The summed E-state index contributed by atoms with van der Waals surface area (Å²) in [7, 11) is 0. The van der Waals surface area contributed by atoms with Gasteiger partial charge < -0.3 is 20.2 Å². The molecule has 9 heteroatoms. The molecule has 0 aromatic heterocycles. The summed E-state index contributed by atoms with van der Waals surface area (Å²) in [4.78, 5) is 56.5. The van der Waals surface area contributed by atoms with E-state index in [1.54, 1.807) is 42.5 Å². The van der Waals surface area contributed by atoms with Gasteiger partial charge in [-0.1, -0.05) is 84.9 Å². The summed E-state index contributed by atoms with van der Waals surface area (Å²) in [5.74, 6) is -2.55. The Morgan fingerprint density at radius 1 is 0.783 bits per heavy atom. The zero-order valence-electron chi connectivity index (χ0n) is 24.9. The van der Waals surface area contributed by atoms with E-state index in [0.29, 0.717) is 22.1 Å². The number of carbonyl (C=O) groups is 4. The monoisotopic (exact) mass is 617 g/mol. The molecule has 3 amide bonds. The largest absolute Gasteiger partial charge is 0.508 e. The van der Waals surface area contributed by atoms with Gasteiger partial charge in [0, 0.05) is 30.6 Å². The van der Waals surface area contributed by atoms with Crippen LogP contribution in [0.5, 0.6) is 5.75 Å². The molecule has 1 heterocycles. The number of hydrogen-bond donors (Lipinski definition) is 2. The quantitative estimate of drug-likeness (QED) is 0.252. The topological polar surface area (TPSA) is 107 Å². The second-order valence-corrected chi connectivity index (χ2v) is 11.4. The third-order valence-electron chi connectivity index (χ3n) is 8.32. The molecule has 1 aliphatic rings. The minimum atomic E-state index is -2.31. The molecule has 46 heavy (non-hydrogen) atoms. The summed E-state index contributed by atoms with van der Waals surface area (Å²) in [5.41, 5.74) is 1.39. The van der Waals surface area contributed by atoms with Crippen LogP contribution in [0.4, 0.5) is 4.39 Å². The third-order valence-corrected chi connectivity index (χ3v) is 8.32. The Kier molecular flexibility index (Phi) is 8.74. The maximum atomic E-state index is 15.9. The van der Waals surface area contributed by atoms with Gasteiger partial charge in [-0.3, -0.25) is 19.2 Å². The lowest BCUT2D eigenvalue weighted by molar-refractivity contribution is -0.148. The molecule has 0 bridgehead atoms. The molecular weight excluding hydrogens is 585 g/mol. The van der Waals surface area contributed by atoms with E-state index < -0.39 is 36.5 Å². The first kappa shape index (κ1) is 30.5. The second kappa shape index (κ2) is 13.2. The van der Waals surface area contributed by atoms with Crippen molar-refractivity contribution in [2.24, 2.45) is 0 Å². The lowest BCUT2D eigenvalue weighted by atomic mass is 10.0. The predicted molar refractivity (Wildman–Crippen MR) is 173 cm³/mol. The van der Waals surface area contributed by atoms with Gasteiger partial charge in [0.05, 0.1) is 6.54 Å². The number of carbonyl (C=O) groups excluding carboxylic acids is 4. The molecule has 2 N–H and O–H groups in total. The van der Waals surface area contributed by atoms with Crippen LogP contribution in [-0.4, -0.2) is 70.4 Å². The smallest absolute Gasteiger partial charge is 0.254 e. The van der Waals surface area contributed by atoms with Gasteiger partial charge in [-0.2, -0.15) is 0 Å². The van der Waals surface area contributed by atoms with Crippen LogP contribution in [0, 0.1) is 0 Å². The fraction of sp³-hybridized carbons (Fsp3) is 0.189. The van der Waals surface area contributed by atoms with Crippen molar-refractivity contribution in [3.63, 3.8) is 0 Å². The molecule has 0 radical (unpaired) electrons. The van der Waals surface area contributed by atoms with E-state index >= 15 is 4.39 Å². The highest BCUT2D eigenvalue weighted by molar-refractivity contribution is 6.09. The fourth-order valence-corrected chi connectivity index (χ4v) is 5.97. The number of hydrogen-bond acceptors (Lipinski definition) is 5. The summed E-state index contributed by atoms with van der Waals surface area (Å²) in [6.45, 7) is -0.505. The Bertz CT molecular complexity index is 1930. The number of rotatable bonds is 6. The molecule has 5 aromatic rings. The third kappa shape index (κ3) is 6.30. The van der Waals surface area contributed by atoms with Crippen molar-refractivity contribution in [2.45, 2.75) is 25.2 Å². The van der Waals surface area contributed by atoms with Crippen molar-refractivity contribution in [3.05, 3.63) is 126 Å². The van der Waals surface area contributed by atoms with Crippen molar-refractivity contribution < 1.29 is 28.7 Å². The fourth-order valence-electron chi connectivity index (χ4n) is 5.97. The maximum absolute atomic E-state index is 15.9. The predicted octanol–water partition coefficient (Wildman–Crippen LogP) is 5.28. The number of ketones is 1. The second-order valence-electron chi connectivity index (χ2n) is 11.4. The number of phenolic OH excluding ortho intramolecular Hbond substituents is 1. The van der Waals surface area contributed by atoms with Crippen LogP contribution < -0.4 is 5.32 Å². The number of nitrogens with one attached hydrogen (secondary N) is 1. The van der Waals surface area contributed by atoms with E-state index in [1.165, 1.54) is 17.0 Å². The Morgan fingerprint density at radius 3 is 2.04 bits per heavy atom. The van der Waals surface area contributed by atoms with Gasteiger partial charge in [-0.25, -0.2) is 4.39 Å². The zero-order chi connectivity index (χ0) is 32.2. The van der Waals surface area contributed by atoms with Crippen LogP contribution in [0.2, 0.25) is 0 Å². The molecule has 2 atom stereocenters. The number of amides is 3. The number of Topliss-reactive ketones (excluding diaryl/α,β-unsaturated/α-hetero) is 1. The molecule has 2 unspecified atom stereocenters. The zero-order valence-corrected chi connectivity index (χ0v) is 24.9. The standard InChI is InChI=1S/C37H32FN3O5/c38-34-33(43)23-40(36(45)31-15-6-11-26-9-2-4-13-29(26)31)20-7-21-41(34)37(46)32(22-24-16-18-27(42)19-17-24)39-35(44)30-14-5-10-25-8-1-3-12-28(25)30/h1-6,8-19,32,34,42H,7,20-23H2,(H,39,44). The molecule has 1 saturated heterocycles. The Labute approximate surface area is 265 Å². The number of aromatic hydroxyl groups is 1. The van der Waals surface area contributed by atoms with Crippen LogP contribution in [0.25, 0.3) is 21.5 Å². The van der Waals surface area contributed by atoms with Gasteiger partial charge in [-0.15, -0.1) is 0 Å². The summed E-state index contributed by atoms with van der Waals surface area (Å²) in [6, 6.07) is 30.3. The first-order valence-corrected chi connectivity index (χ1v) is 15.1. The van der Waals surface area contributed by atoms with Crippen LogP contribution in [0.1, 0.15) is 32.7 Å². The average Bonchev–Trinajstić information content (AvgIpc) is 3.08.